The fourth-order valence-corrected chi connectivity index (χ4v) is 2.58. The minimum absolute atomic E-state index is 0.0743. The number of aryl methyl sites for hydroxylation is 2. The summed E-state index contributed by atoms with van der Waals surface area (Å²) in [6.07, 6.45) is 0.0454. The lowest BCUT2D eigenvalue weighted by Crippen LogP contribution is -2.39. The average Bonchev–Trinajstić information content (AvgIpc) is 2.61. The third-order valence-electron chi connectivity index (χ3n) is 4.37. The van der Waals surface area contributed by atoms with Crippen LogP contribution in [-0.4, -0.2) is 19.1 Å². The van der Waals surface area contributed by atoms with E-state index in [9.17, 15) is 4.79 Å². The summed E-state index contributed by atoms with van der Waals surface area (Å²) in [7, 11) is 1.61. The van der Waals surface area contributed by atoms with Crippen LogP contribution in [0.5, 0.6) is 11.5 Å². The molecule has 0 aliphatic heterocycles. The molecule has 1 amide bonds. The molecule has 0 aliphatic carbocycles. The average molecular weight is 341 g/mol. The molecule has 2 aromatic carbocycles. The van der Waals surface area contributed by atoms with Gasteiger partial charge in [-0.05, 0) is 56.0 Å². The van der Waals surface area contributed by atoms with Gasteiger partial charge in [-0.2, -0.15) is 0 Å². The quantitative estimate of drug-likeness (QED) is 0.814. The lowest BCUT2D eigenvalue weighted by Gasteiger charge is -2.21. The zero-order valence-corrected chi connectivity index (χ0v) is 15.6. The normalized spacial score (nSPS) is 13.0. The maximum Gasteiger partial charge on any atom is 0.261 e. The van der Waals surface area contributed by atoms with Crippen molar-refractivity contribution in [3.8, 4) is 11.5 Å². The largest absolute Gasteiger partial charge is 0.497 e. The number of carbonyl (C=O) groups is 1. The van der Waals surface area contributed by atoms with Gasteiger partial charge in [-0.25, -0.2) is 0 Å². The summed E-state index contributed by atoms with van der Waals surface area (Å²) in [4.78, 5) is 12.6. The van der Waals surface area contributed by atoms with Crippen LogP contribution in [0, 0.1) is 13.8 Å². The lowest BCUT2D eigenvalue weighted by molar-refractivity contribution is -0.128. The minimum Gasteiger partial charge on any atom is -0.497 e. The molecule has 2 aromatic rings. The molecule has 0 saturated carbocycles. The van der Waals surface area contributed by atoms with Crippen LogP contribution in [0.1, 0.15) is 43.0 Å². The predicted molar refractivity (Wildman–Crippen MR) is 100 cm³/mol. The van der Waals surface area contributed by atoms with E-state index in [1.54, 1.807) is 13.2 Å². The highest BCUT2D eigenvalue weighted by Gasteiger charge is 2.21. The summed E-state index contributed by atoms with van der Waals surface area (Å²) in [5.74, 6) is 1.22. The summed E-state index contributed by atoms with van der Waals surface area (Å²) in [6.45, 7) is 8.08. The van der Waals surface area contributed by atoms with Gasteiger partial charge in [-0.15, -0.1) is 0 Å². The fourth-order valence-electron chi connectivity index (χ4n) is 2.58. The number of carbonyl (C=O) groups excluding carboxylic acids is 1. The monoisotopic (exact) mass is 341 g/mol. The van der Waals surface area contributed by atoms with Gasteiger partial charge in [0.2, 0.25) is 0 Å². The summed E-state index contributed by atoms with van der Waals surface area (Å²) < 4.78 is 11.0. The molecule has 2 atom stereocenters. The Bertz CT molecular complexity index is 727. The molecule has 0 heterocycles. The minimum atomic E-state index is -0.541. The van der Waals surface area contributed by atoms with Gasteiger partial charge in [0.1, 0.15) is 11.5 Å². The van der Waals surface area contributed by atoms with Crippen LogP contribution < -0.4 is 14.8 Å². The first-order valence-electron chi connectivity index (χ1n) is 8.62. The molecule has 134 valence electrons. The molecule has 4 nitrogen and oxygen atoms in total. The Morgan fingerprint density at radius 1 is 1.08 bits per heavy atom. The van der Waals surface area contributed by atoms with Gasteiger partial charge >= 0.3 is 0 Å². The Kier molecular flexibility index (Phi) is 6.45. The highest BCUT2D eigenvalue weighted by molar-refractivity contribution is 5.81. The fraction of sp³-hybridized carbons (Fsp3) is 0.381. The highest BCUT2D eigenvalue weighted by Crippen LogP contribution is 2.21. The Balaban J connectivity index is 2.04. The smallest absolute Gasteiger partial charge is 0.261 e. The van der Waals surface area contributed by atoms with Crippen molar-refractivity contribution in [2.75, 3.05) is 7.11 Å². The molecule has 0 aromatic heterocycles. The second-order valence-corrected chi connectivity index (χ2v) is 6.27. The van der Waals surface area contributed by atoms with Crippen molar-refractivity contribution in [3.05, 3.63) is 59.2 Å². The first-order valence-corrected chi connectivity index (χ1v) is 8.62. The first kappa shape index (κ1) is 18.8. The molecule has 0 radical (unpaired) electrons. The van der Waals surface area contributed by atoms with E-state index in [4.69, 9.17) is 9.47 Å². The second-order valence-electron chi connectivity index (χ2n) is 6.27. The van der Waals surface area contributed by atoms with Crippen molar-refractivity contribution >= 4 is 5.91 Å². The van der Waals surface area contributed by atoms with Gasteiger partial charge in [0.15, 0.2) is 6.10 Å². The third kappa shape index (κ3) is 4.99. The first-order chi connectivity index (χ1) is 11.9. The van der Waals surface area contributed by atoms with Crippen LogP contribution in [0.4, 0.5) is 0 Å². The van der Waals surface area contributed by atoms with Gasteiger partial charge < -0.3 is 14.8 Å². The third-order valence-corrected chi connectivity index (χ3v) is 4.37. The van der Waals surface area contributed by atoms with E-state index < -0.39 is 6.10 Å². The molecular formula is C21H27NO3. The van der Waals surface area contributed by atoms with Crippen molar-refractivity contribution < 1.29 is 14.3 Å². The van der Waals surface area contributed by atoms with E-state index in [0.29, 0.717) is 17.9 Å². The van der Waals surface area contributed by atoms with Crippen LogP contribution in [0.15, 0.2) is 42.5 Å². The summed E-state index contributed by atoms with van der Waals surface area (Å²) in [6, 6.07) is 13.5. The van der Waals surface area contributed by atoms with E-state index >= 15 is 0 Å². The zero-order valence-electron chi connectivity index (χ0n) is 15.6. The van der Waals surface area contributed by atoms with Crippen LogP contribution >= 0.6 is 0 Å². The van der Waals surface area contributed by atoms with Crippen molar-refractivity contribution in [1.29, 1.82) is 0 Å². The molecule has 4 heteroatoms. The summed E-state index contributed by atoms with van der Waals surface area (Å²) >= 11 is 0. The van der Waals surface area contributed by atoms with Crippen molar-refractivity contribution in [1.82, 2.24) is 5.32 Å². The molecule has 25 heavy (non-hydrogen) atoms. The number of ether oxygens (including phenoxy) is 2. The van der Waals surface area contributed by atoms with E-state index in [1.807, 2.05) is 32.0 Å². The molecule has 0 saturated heterocycles. The lowest BCUT2D eigenvalue weighted by atomic mass is 10.0. The highest BCUT2D eigenvalue weighted by atomic mass is 16.5. The standard InChI is InChI=1S/C21H27NO3/c1-6-20(25-19-9-7-8-18(13-19)24-5)21(23)22-16(4)17-11-10-14(2)15(3)12-17/h7-13,16,20H,6H2,1-5H3,(H,22,23)/t16-,20-/m1/s1. The molecular weight excluding hydrogens is 314 g/mol. The number of rotatable bonds is 7. The SMILES string of the molecule is CC[C@@H](Oc1cccc(OC)c1)C(=O)N[C@H](C)c1ccc(C)c(C)c1. The van der Waals surface area contributed by atoms with E-state index in [-0.39, 0.29) is 11.9 Å². The number of benzene rings is 2. The van der Waals surface area contributed by atoms with Gasteiger partial charge in [-0.3, -0.25) is 4.79 Å². The molecule has 0 aliphatic rings. The van der Waals surface area contributed by atoms with Crippen molar-refractivity contribution in [3.63, 3.8) is 0 Å². The van der Waals surface area contributed by atoms with E-state index in [1.165, 1.54) is 11.1 Å². The Morgan fingerprint density at radius 3 is 2.44 bits per heavy atom. The van der Waals surface area contributed by atoms with E-state index in [2.05, 4.69) is 37.4 Å². The number of amides is 1. The Labute approximate surface area is 150 Å². The zero-order chi connectivity index (χ0) is 18.4. The Hall–Kier alpha value is -2.49. The van der Waals surface area contributed by atoms with Gasteiger partial charge in [-0.1, -0.05) is 31.2 Å². The molecule has 0 fully saturated rings. The second kappa shape index (κ2) is 8.56. The molecule has 2 rings (SSSR count). The number of hydrogen-bond acceptors (Lipinski definition) is 3. The van der Waals surface area contributed by atoms with Gasteiger partial charge in [0.05, 0.1) is 13.2 Å². The molecule has 0 bridgehead atoms. The number of nitrogens with one attached hydrogen (secondary N) is 1. The summed E-state index contributed by atoms with van der Waals surface area (Å²) in [5.41, 5.74) is 3.56. The Morgan fingerprint density at radius 2 is 1.80 bits per heavy atom. The number of hydrogen-bond donors (Lipinski definition) is 1. The molecule has 0 unspecified atom stereocenters. The van der Waals surface area contributed by atoms with Gasteiger partial charge in [0.25, 0.3) is 5.91 Å². The van der Waals surface area contributed by atoms with Crippen molar-refractivity contribution in [2.24, 2.45) is 0 Å². The van der Waals surface area contributed by atoms with Crippen LogP contribution in [0.25, 0.3) is 0 Å². The maximum absolute atomic E-state index is 12.6. The van der Waals surface area contributed by atoms with Crippen LogP contribution in [0.2, 0.25) is 0 Å². The topological polar surface area (TPSA) is 47.6 Å². The van der Waals surface area contributed by atoms with Crippen LogP contribution in [0.3, 0.4) is 0 Å². The predicted octanol–water partition coefficient (Wildman–Crippen LogP) is 4.35. The number of methoxy groups -OCH3 is 1. The summed E-state index contributed by atoms with van der Waals surface area (Å²) in [5, 5.41) is 3.05. The van der Waals surface area contributed by atoms with Crippen molar-refractivity contribution in [2.45, 2.75) is 46.3 Å². The maximum atomic E-state index is 12.6. The molecule has 1 N–H and O–H groups in total. The van der Waals surface area contributed by atoms with Gasteiger partial charge in [0, 0.05) is 6.07 Å². The molecule has 0 spiro atoms. The van der Waals surface area contributed by atoms with Crippen LogP contribution in [-0.2, 0) is 4.79 Å². The van der Waals surface area contributed by atoms with E-state index in [0.717, 1.165) is 5.56 Å².